The average molecular weight is 246 g/mol. The minimum Gasteiger partial charge on any atom is -0.352 e. The Morgan fingerprint density at radius 1 is 1.22 bits per heavy atom. The predicted molar refractivity (Wildman–Crippen MR) is 65.5 cm³/mol. The van der Waals surface area contributed by atoms with Crippen molar-refractivity contribution in [2.75, 3.05) is 6.54 Å². The van der Waals surface area contributed by atoms with Gasteiger partial charge in [-0.2, -0.15) is 0 Å². The first-order valence-electron chi connectivity index (χ1n) is 5.91. The average Bonchev–Trinajstić information content (AvgIpc) is 2.65. The number of hydrogen-bond acceptors (Lipinski definition) is 3. The van der Waals surface area contributed by atoms with Crippen molar-refractivity contribution in [1.29, 1.82) is 0 Å². The van der Waals surface area contributed by atoms with E-state index in [2.05, 4.69) is 10.6 Å². The van der Waals surface area contributed by atoms with Gasteiger partial charge in [0, 0.05) is 12.1 Å². The molecule has 5 nitrogen and oxygen atoms in total. The second kappa shape index (κ2) is 5.00. The van der Waals surface area contributed by atoms with E-state index < -0.39 is 11.8 Å². The maximum Gasteiger partial charge on any atom is 0.258 e. The van der Waals surface area contributed by atoms with E-state index in [1.807, 2.05) is 6.92 Å². The van der Waals surface area contributed by atoms with Crippen LogP contribution in [-0.4, -0.2) is 24.3 Å². The molecular weight excluding hydrogens is 232 g/mol. The number of unbranched alkanes of at least 4 members (excludes halogenated alkanes) is 1. The lowest BCUT2D eigenvalue weighted by molar-refractivity contribution is 0.0878. The summed E-state index contributed by atoms with van der Waals surface area (Å²) in [5, 5.41) is 4.95. The molecule has 0 fully saturated rings. The van der Waals surface area contributed by atoms with E-state index in [-0.39, 0.29) is 11.5 Å². The summed E-state index contributed by atoms with van der Waals surface area (Å²) in [5.41, 5.74) is 0.989. The van der Waals surface area contributed by atoms with Crippen LogP contribution in [0.25, 0.3) is 0 Å². The van der Waals surface area contributed by atoms with Gasteiger partial charge >= 0.3 is 0 Å². The molecule has 94 valence electrons. The molecule has 1 aromatic carbocycles. The Bertz CT molecular complexity index is 523. The molecule has 0 atom stereocenters. The Kier molecular flexibility index (Phi) is 3.41. The number of imide groups is 1. The third-order valence-electron chi connectivity index (χ3n) is 2.81. The maximum absolute atomic E-state index is 11.8. The Hall–Kier alpha value is -2.17. The zero-order valence-electron chi connectivity index (χ0n) is 10.1. The molecule has 2 N–H and O–H groups in total. The van der Waals surface area contributed by atoms with Crippen molar-refractivity contribution >= 4 is 17.7 Å². The molecule has 0 saturated heterocycles. The van der Waals surface area contributed by atoms with Crippen molar-refractivity contribution in [3.05, 3.63) is 34.9 Å². The van der Waals surface area contributed by atoms with Crippen molar-refractivity contribution in [3.8, 4) is 0 Å². The number of fused-ring (bicyclic) bond motifs is 1. The van der Waals surface area contributed by atoms with E-state index in [0.717, 1.165) is 12.8 Å². The van der Waals surface area contributed by atoms with Gasteiger partial charge in [-0.15, -0.1) is 0 Å². The Balaban J connectivity index is 2.17. The molecule has 1 aliphatic heterocycles. The molecule has 1 heterocycles. The molecule has 0 aliphatic carbocycles. The number of nitrogens with one attached hydrogen (secondary N) is 2. The van der Waals surface area contributed by atoms with Gasteiger partial charge in [-0.1, -0.05) is 13.3 Å². The van der Waals surface area contributed by atoms with Gasteiger partial charge in [-0.25, -0.2) is 0 Å². The molecule has 0 radical (unpaired) electrons. The standard InChI is InChI=1S/C13H14N2O3/c1-2-3-6-14-11(16)8-4-5-9-10(7-8)13(18)15-12(9)17/h4-5,7H,2-3,6H2,1H3,(H,14,16)(H,15,17,18). The second-order valence-electron chi connectivity index (χ2n) is 4.15. The first-order chi connectivity index (χ1) is 8.63. The van der Waals surface area contributed by atoms with Crippen molar-refractivity contribution < 1.29 is 14.4 Å². The molecule has 1 aromatic rings. The zero-order chi connectivity index (χ0) is 13.1. The molecule has 0 saturated carbocycles. The molecular formula is C13H14N2O3. The van der Waals surface area contributed by atoms with E-state index >= 15 is 0 Å². The molecule has 0 bridgehead atoms. The van der Waals surface area contributed by atoms with Crippen LogP contribution in [0.5, 0.6) is 0 Å². The highest BCUT2D eigenvalue weighted by atomic mass is 16.2. The van der Waals surface area contributed by atoms with Crippen LogP contribution in [-0.2, 0) is 0 Å². The topological polar surface area (TPSA) is 75.3 Å². The van der Waals surface area contributed by atoms with Gasteiger partial charge in [-0.3, -0.25) is 19.7 Å². The van der Waals surface area contributed by atoms with Gasteiger partial charge in [0.15, 0.2) is 0 Å². The lowest BCUT2D eigenvalue weighted by atomic mass is 10.1. The quantitative estimate of drug-likeness (QED) is 0.617. The number of hydrogen-bond donors (Lipinski definition) is 2. The molecule has 3 amide bonds. The number of carbonyl (C=O) groups excluding carboxylic acids is 3. The van der Waals surface area contributed by atoms with Crippen LogP contribution >= 0.6 is 0 Å². The molecule has 18 heavy (non-hydrogen) atoms. The summed E-state index contributed by atoms with van der Waals surface area (Å²) in [5.74, 6) is -1.08. The number of carbonyl (C=O) groups is 3. The fourth-order valence-electron chi connectivity index (χ4n) is 1.79. The van der Waals surface area contributed by atoms with Gasteiger partial charge in [-0.05, 0) is 24.6 Å². The van der Waals surface area contributed by atoms with Crippen LogP contribution in [0.1, 0.15) is 50.8 Å². The normalized spacial score (nSPS) is 13.2. The Morgan fingerprint density at radius 3 is 2.67 bits per heavy atom. The monoisotopic (exact) mass is 246 g/mol. The summed E-state index contributed by atoms with van der Waals surface area (Å²) in [6.07, 6.45) is 1.91. The second-order valence-corrected chi connectivity index (χ2v) is 4.15. The van der Waals surface area contributed by atoms with Crippen LogP contribution in [0.15, 0.2) is 18.2 Å². The summed E-state index contributed by atoms with van der Waals surface area (Å²) in [6.45, 7) is 2.65. The van der Waals surface area contributed by atoms with Gasteiger partial charge in [0.05, 0.1) is 11.1 Å². The summed E-state index contributed by atoms with van der Waals surface area (Å²) < 4.78 is 0. The summed E-state index contributed by atoms with van der Waals surface area (Å²) >= 11 is 0. The lowest BCUT2D eigenvalue weighted by Crippen LogP contribution is -2.24. The molecule has 1 aliphatic rings. The van der Waals surface area contributed by atoms with Gasteiger partial charge < -0.3 is 5.32 Å². The van der Waals surface area contributed by atoms with Crippen molar-refractivity contribution in [3.63, 3.8) is 0 Å². The van der Waals surface area contributed by atoms with E-state index in [0.29, 0.717) is 17.7 Å². The first kappa shape index (κ1) is 12.3. The van der Waals surface area contributed by atoms with Crippen LogP contribution < -0.4 is 10.6 Å². The Morgan fingerprint density at radius 2 is 1.94 bits per heavy atom. The Labute approximate surface area is 105 Å². The fourth-order valence-corrected chi connectivity index (χ4v) is 1.79. The van der Waals surface area contributed by atoms with Crippen molar-refractivity contribution in [1.82, 2.24) is 10.6 Å². The fraction of sp³-hybridized carbons (Fsp3) is 0.308. The van der Waals surface area contributed by atoms with E-state index in [1.54, 1.807) is 6.07 Å². The lowest BCUT2D eigenvalue weighted by Gasteiger charge is -2.04. The number of amides is 3. The third-order valence-corrected chi connectivity index (χ3v) is 2.81. The molecule has 0 spiro atoms. The van der Waals surface area contributed by atoms with E-state index in [1.165, 1.54) is 12.1 Å². The summed E-state index contributed by atoms with van der Waals surface area (Å²) in [7, 11) is 0. The minimum absolute atomic E-state index is 0.224. The van der Waals surface area contributed by atoms with Crippen molar-refractivity contribution in [2.24, 2.45) is 0 Å². The smallest absolute Gasteiger partial charge is 0.258 e. The highest BCUT2D eigenvalue weighted by Crippen LogP contribution is 2.17. The van der Waals surface area contributed by atoms with Crippen molar-refractivity contribution in [2.45, 2.75) is 19.8 Å². The van der Waals surface area contributed by atoms with Gasteiger partial charge in [0.1, 0.15) is 0 Å². The highest BCUT2D eigenvalue weighted by molar-refractivity contribution is 6.22. The summed E-state index contributed by atoms with van der Waals surface area (Å²) in [4.78, 5) is 34.6. The van der Waals surface area contributed by atoms with Crippen LogP contribution in [0.4, 0.5) is 0 Å². The SMILES string of the molecule is CCCCNC(=O)c1ccc2c(c1)C(=O)NC2=O. The maximum atomic E-state index is 11.8. The van der Waals surface area contributed by atoms with Crippen LogP contribution in [0, 0.1) is 0 Å². The van der Waals surface area contributed by atoms with Gasteiger partial charge in [0.2, 0.25) is 0 Å². The van der Waals surface area contributed by atoms with Crippen LogP contribution in [0.2, 0.25) is 0 Å². The minimum atomic E-state index is -0.446. The number of rotatable bonds is 4. The predicted octanol–water partition coefficient (Wildman–Crippen LogP) is 1.10. The molecule has 0 aromatic heterocycles. The molecule has 2 rings (SSSR count). The van der Waals surface area contributed by atoms with Crippen LogP contribution in [0.3, 0.4) is 0 Å². The van der Waals surface area contributed by atoms with E-state index in [4.69, 9.17) is 0 Å². The zero-order valence-corrected chi connectivity index (χ0v) is 10.1. The number of benzene rings is 1. The largest absolute Gasteiger partial charge is 0.352 e. The molecule has 0 unspecified atom stereocenters. The van der Waals surface area contributed by atoms with Gasteiger partial charge in [0.25, 0.3) is 17.7 Å². The molecule has 5 heteroatoms. The van der Waals surface area contributed by atoms with E-state index in [9.17, 15) is 14.4 Å². The third kappa shape index (κ3) is 2.25. The highest BCUT2D eigenvalue weighted by Gasteiger charge is 2.27. The summed E-state index contributed by atoms with van der Waals surface area (Å²) in [6, 6.07) is 4.51. The first-order valence-corrected chi connectivity index (χ1v) is 5.91.